The smallest absolute Gasteiger partial charge is 0.0783 e. The van der Waals surface area contributed by atoms with Gasteiger partial charge < -0.3 is 15.2 Å². The van der Waals surface area contributed by atoms with Crippen LogP contribution in [0, 0.1) is 5.92 Å². The van der Waals surface area contributed by atoms with Crippen molar-refractivity contribution in [3.63, 3.8) is 0 Å². The average molecular weight is 245 g/mol. The fourth-order valence-corrected chi connectivity index (χ4v) is 4.26. The summed E-state index contributed by atoms with van der Waals surface area (Å²) >= 11 is 2.01. The fraction of sp³-hybridized carbons (Fsp3) is 1.00. The molecule has 2 heterocycles. The van der Waals surface area contributed by atoms with Crippen LogP contribution in [0.25, 0.3) is 0 Å². The molecule has 0 aromatic carbocycles. The average Bonchev–Trinajstić information content (AvgIpc) is 2.66. The standard InChI is InChI=1S/C12H23NO2S/c1-11(13,8-14-2)10-3-5-15-12(7-10)4-6-16-9-12/h10H,3-9,13H2,1-2H3. The maximum Gasteiger partial charge on any atom is 0.0783 e. The number of hydrogen-bond acceptors (Lipinski definition) is 4. The van der Waals surface area contributed by atoms with Gasteiger partial charge in [0.05, 0.1) is 12.2 Å². The Hall–Kier alpha value is 0.230. The number of ether oxygens (including phenoxy) is 2. The van der Waals surface area contributed by atoms with Gasteiger partial charge in [0.15, 0.2) is 0 Å². The van der Waals surface area contributed by atoms with Gasteiger partial charge in [-0.2, -0.15) is 11.8 Å². The SMILES string of the molecule is COCC(C)(N)C1CCOC2(CCSC2)C1. The molecule has 0 amide bonds. The van der Waals surface area contributed by atoms with Crippen LogP contribution in [0.3, 0.4) is 0 Å². The highest BCUT2D eigenvalue weighted by Gasteiger charge is 2.44. The van der Waals surface area contributed by atoms with Crippen molar-refractivity contribution < 1.29 is 9.47 Å². The van der Waals surface area contributed by atoms with Crippen molar-refractivity contribution in [2.24, 2.45) is 11.7 Å². The third-order valence-electron chi connectivity index (χ3n) is 3.95. The molecule has 2 aliphatic rings. The highest BCUT2D eigenvalue weighted by Crippen LogP contribution is 2.42. The molecule has 16 heavy (non-hydrogen) atoms. The molecular weight excluding hydrogens is 222 g/mol. The van der Waals surface area contributed by atoms with E-state index in [1.54, 1.807) is 7.11 Å². The van der Waals surface area contributed by atoms with E-state index in [-0.39, 0.29) is 11.1 Å². The number of thioether (sulfide) groups is 1. The highest BCUT2D eigenvalue weighted by atomic mass is 32.2. The molecular formula is C12H23NO2S. The van der Waals surface area contributed by atoms with Gasteiger partial charge in [0.1, 0.15) is 0 Å². The molecule has 0 aromatic heterocycles. The van der Waals surface area contributed by atoms with Crippen LogP contribution >= 0.6 is 11.8 Å². The molecule has 0 radical (unpaired) electrons. The van der Waals surface area contributed by atoms with E-state index < -0.39 is 0 Å². The molecule has 0 saturated carbocycles. The van der Waals surface area contributed by atoms with Gasteiger partial charge in [0.2, 0.25) is 0 Å². The number of rotatable bonds is 3. The van der Waals surface area contributed by atoms with Gasteiger partial charge in [0, 0.05) is 25.0 Å². The summed E-state index contributed by atoms with van der Waals surface area (Å²) in [5.41, 5.74) is 6.28. The van der Waals surface area contributed by atoms with Gasteiger partial charge in [-0.3, -0.25) is 0 Å². The van der Waals surface area contributed by atoms with E-state index >= 15 is 0 Å². The monoisotopic (exact) mass is 245 g/mol. The zero-order valence-electron chi connectivity index (χ0n) is 10.3. The van der Waals surface area contributed by atoms with Crippen LogP contribution in [-0.4, -0.2) is 43.0 Å². The van der Waals surface area contributed by atoms with E-state index in [0.717, 1.165) is 25.2 Å². The lowest BCUT2D eigenvalue weighted by molar-refractivity contribution is -0.0962. The van der Waals surface area contributed by atoms with Crippen molar-refractivity contribution >= 4 is 11.8 Å². The molecule has 2 rings (SSSR count). The lowest BCUT2D eigenvalue weighted by atomic mass is 9.75. The Bertz CT molecular complexity index is 239. The second kappa shape index (κ2) is 4.84. The van der Waals surface area contributed by atoms with Crippen LogP contribution in [0.15, 0.2) is 0 Å². The van der Waals surface area contributed by atoms with Gasteiger partial charge in [-0.1, -0.05) is 0 Å². The minimum absolute atomic E-state index is 0.127. The van der Waals surface area contributed by atoms with Crippen molar-refractivity contribution in [2.75, 3.05) is 31.8 Å². The van der Waals surface area contributed by atoms with Crippen molar-refractivity contribution in [1.29, 1.82) is 0 Å². The molecule has 2 saturated heterocycles. The second-order valence-corrected chi connectivity index (χ2v) is 6.57. The van der Waals surface area contributed by atoms with Gasteiger partial charge in [0.25, 0.3) is 0 Å². The minimum Gasteiger partial charge on any atom is -0.383 e. The second-order valence-electron chi connectivity index (χ2n) is 5.46. The molecule has 3 atom stereocenters. The Kier molecular flexibility index (Phi) is 3.84. The molecule has 2 fully saturated rings. The largest absolute Gasteiger partial charge is 0.383 e. The Morgan fingerprint density at radius 3 is 3.06 bits per heavy atom. The van der Waals surface area contributed by atoms with E-state index in [1.165, 1.54) is 12.2 Å². The molecule has 2 N–H and O–H groups in total. The quantitative estimate of drug-likeness (QED) is 0.821. The van der Waals surface area contributed by atoms with Crippen molar-refractivity contribution in [1.82, 2.24) is 0 Å². The summed E-state index contributed by atoms with van der Waals surface area (Å²) in [5, 5.41) is 0. The summed E-state index contributed by atoms with van der Waals surface area (Å²) in [4.78, 5) is 0. The first-order valence-electron chi connectivity index (χ1n) is 6.08. The van der Waals surface area contributed by atoms with Crippen LogP contribution in [0.4, 0.5) is 0 Å². The van der Waals surface area contributed by atoms with Crippen LogP contribution in [-0.2, 0) is 9.47 Å². The van der Waals surface area contributed by atoms with E-state index in [2.05, 4.69) is 6.92 Å². The van der Waals surface area contributed by atoms with E-state index in [9.17, 15) is 0 Å². The molecule has 3 unspecified atom stereocenters. The summed E-state index contributed by atoms with van der Waals surface area (Å²) in [6.07, 6.45) is 3.37. The maximum absolute atomic E-state index is 6.37. The Balaban J connectivity index is 2.00. The number of hydrogen-bond donors (Lipinski definition) is 1. The van der Waals surface area contributed by atoms with Gasteiger partial charge in [-0.15, -0.1) is 0 Å². The zero-order chi connectivity index (χ0) is 11.6. The first kappa shape index (κ1) is 12.7. The van der Waals surface area contributed by atoms with E-state index in [0.29, 0.717) is 12.5 Å². The first-order chi connectivity index (χ1) is 7.58. The van der Waals surface area contributed by atoms with E-state index in [1.807, 2.05) is 11.8 Å². The summed E-state index contributed by atoms with van der Waals surface area (Å²) in [6.45, 7) is 3.62. The number of nitrogens with two attached hydrogens (primary N) is 1. The van der Waals surface area contributed by atoms with Crippen molar-refractivity contribution in [3.05, 3.63) is 0 Å². The molecule has 0 bridgehead atoms. The predicted molar refractivity (Wildman–Crippen MR) is 67.8 cm³/mol. The van der Waals surface area contributed by atoms with Crippen molar-refractivity contribution in [3.8, 4) is 0 Å². The lowest BCUT2D eigenvalue weighted by Crippen LogP contribution is -2.54. The lowest BCUT2D eigenvalue weighted by Gasteiger charge is -2.44. The van der Waals surface area contributed by atoms with Gasteiger partial charge in [-0.05, 0) is 37.9 Å². The summed E-state index contributed by atoms with van der Waals surface area (Å²) in [6, 6.07) is 0. The third-order valence-corrected chi connectivity index (χ3v) is 5.17. The normalized spacial score (nSPS) is 38.8. The fourth-order valence-electron chi connectivity index (χ4n) is 2.88. The Labute approximate surface area is 102 Å². The molecule has 1 spiro atoms. The summed E-state index contributed by atoms with van der Waals surface area (Å²) in [7, 11) is 1.73. The number of methoxy groups -OCH3 is 1. The maximum atomic E-state index is 6.37. The molecule has 2 aliphatic heterocycles. The minimum atomic E-state index is -0.210. The highest BCUT2D eigenvalue weighted by molar-refractivity contribution is 7.99. The summed E-state index contributed by atoms with van der Waals surface area (Å²) < 4.78 is 11.3. The molecule has 4 heteroatoms. The zero-order valence-corrected chi connectivity index (χ0v) is 11.1. The van der Waals surface area contributed by atoms with Gasteiger partial charge >= 0.3 is 0 Å². The van der Waals surface area contributed by atoms with Crippen LogP contribution in [0.1, 0.15) is 26.2 Å². The summed E-state index contributed by atoms with van der Waals surface area (Å²) in [5.74, 6) is 2.91. The predicted octanol–water partition coefficient (Wildman–Crippen LogP) is 1.65. The Morgan fingerprint density at radius 1 is 1.62 bits per heavy atom. The topological polar surface area (TPSA) is 44.5 Å². The van der Waals surface area contributed by atoms with Crippen LogP contribution < -0.4 is 5.73 Å². The molecule has 0 aliphatic carbocycles. The van der Waals surface area contributed by atoms with Crippen LogP contribution in [0.5, 0.6) is 0 Å². The first-order valence-corrected chi connectivity index (χ1v) is 7.23. The van der Waals surface area contributed by atoms with Gasteiger partial charge in [-0.25, -0.2) is 0 Å². The van der Waals surface area contributed by atoms with E-state index in [4.69, 9.17) is 15.2 Å². The molecule has 3 nitrogen and oxygen atoms in total. The van der Waals surface area contributed by atoms with Crippen molar-refractivity contribution in [2.45, 2.75) is 37.3 Å². The molecule has 94 valence electrons. The third kappa shape index (κ3) is 2.55. The molecule has 0 aromatic rings. The van der Waals surface area contributed by atoms with Crippen LogP contribution in [0.2, 0.25) is 0 Å². The Morgan fingerprint density at radius 2 is 2.44 bits per heavy atom.